The standard InChI is InChI=1S/C48H59F2N11O6/c1-57(33-21-35(22-33)67-34-15-18-59(19-16-34)25-31-4-3-5-38-43(31)58(2)48(65)61(38)39-12-13-41(62)55-46(39)64)24-29-8-10-32(11-9-29)60-26-36(42(56-60)44(49)50)53-45(63)37-27-66-47(54-37)30-14-17-51-40(20-30)52-23-28-6-7-28/h3-5,14,17,20,26-29,32-35,39,44H,6-13,15-16,18-19,21-25H2,1-2H3,(H,51,52)(H,53,63)(H,55,62,64)/t29-,32-,33-,35-,39?. The van der Waals surface area contributed by atoms with Crippen molar-refractivity contribution in [2.75, 3.05) is 43.9 Å². The van der Waals surface area contributed by atoms with Crippen molar-refractivity contribution in [2.24, 2.45) is 18.9 Å². The van der Waals surface area contributed by atoms with Crippen LogP contribution in [0, 0.1) is 11.8 Å². The van der Waals surface area contributed by atoms with Crippen molar-refractivity contribution in [3.8, 4) is 11.5 Å². The van der Waals surface area contributed by atoms with Crippen molar-refractivity contribution >= 4 is 40.3 Å². The molecule has 5 fully saturated rings. The van der Waals surface area contributed by atoms with Gasteiger partial charge in [-0.25, -0.2) is 23.5 Å². The molecule has 0 radical (unpaired) electrons. The van der Waals surface area contributed by atoms with Gasteiger partial charge < -0.3 is 24.7 Å². The van der Waals surface area contributed by atoms with Crippen LogP contribution in [0.1, 0.15) is 117 Å². The number of rotatable bonds is 16. The number of carbonyl (C=O) groups excluding carboxylic acids is 3. The summed E-state index contributed by atoms with van der Waals surface area (Å²) in [6.45, 7) is 4.27. The highest BCUT2D eigenvalue weighted by Gasteiger charge is 2.37. The number of anilines is 2. The van der Waals surface area contributed by atoms with Gasteiger partial charge in [0.2, 0.25) is 17.7 Å². The van der Waals surface area contributed by atoms with E-state index in [2.05, 4.69) is 47.9 Å². The summed E-state index contributed by atoms with van der Waals surface area (Å²) in [6, 6.07) is 9.11. The number of fused-ring (bicyclic) bond motifs is 1. The number of likely N-dealkylation sites (tertiary alicyclic amines) is 1. The molecule has 2 saturated heterocycles. The number of piperidine rings is 2. The lowest BCUT2D eigenvalue weighted by atomic mass is 9.83. The van der Waals surface area contributed by atoms with E-state index in [4.69, 9.17) is 9.15 Å². The van der Waals surface area contributed by atoms with E-state index in [0.29, 0.717) is 47.7 Å². The van der Waals surface area contributed by atoms with Gasteiger partial charge in [0.25, 0.3) is 12.3 Å². The van der Waals surface area contributed by atoms with Crippen LogP contribution in [-0.4, -0.2) is 108 Å². The zero-order valence-electron chi connectivity index (χ0n) is 38.0. The quantitative estimate of drug-likeness (QED) is 0.0920. The highest BCUT2D eigenvalue weighted by atomic mass is 19.3. The van der Waals surface area contributed by atoms with Gasteiger partial charge in [-0.1, -0.05) is 12.1 Å². The van der Waals surface area contributed by atoms with Crippen LogP contribution in [0.5, 0.6) is 0 Å². The fourth-order valence-corrected chi connectivity index (χ4v) is 10.5. The van der Waals surface area contributed by atoms with E-state index in [1.165, 1.54) is 29.9 Å². The number of aromatic nitrogens is 6. The lowest BCUT2D eigenvalue weighted by Gasteiger charge is -2.45. The van der Waals surface area contributed by atoms with Crippen molar-refractivity contribution < 1.29 is 32.3 Å². The van der Waals surface area contributed by atoms with Gasteiger partial charge in [-0.05, 0) is 113 Å². The zero-order valence-corrected chi connectivity index (χ0v) is 38.0. The Kier molecular flexibility index (Phi) is 12.8. The molecule has 3 N–H and O–H groups in total. The number of benzene rings is 1. The van der Waals surface area contributed by atoms with Gasteiger partial charge in [0.1, 0.15) is 18.1 Å². The number of pyridine rings is 1. The number of alkyl halides is 2. The van der Waals surface area contributed by atoms with Gasteiger partial charge in [-0.15, -0.1) is 0 Å². The van der Waals surface area contributed by atoms with E-state index in [1.807, 2.05) is 18.2 Å². The van der Waals surface area contributed by atoms with Gasteiger partial charge in [0.05, 0.1) is 35.0 Å². The van der Waals surface area contributed by atoms with Gasteiger partial charge in [0, 0.05) is 70.2 Å². The zero-order chi connectivity index (χ0) is 46.3. The fourth-order valence-electron chi connectivity index (χ4n) is 10.5. The van der Waals surface area contributed by atoms with Crippen molar-refractivity contribution in [2.45, 2.75) is 120 Å². The molecule has 19 heteroatoms. The maximum absolute atomic E-state index is 14.2. The summed E-state index contributed by atoms with van der Waals surface area (Å²) in [6.07, 6.45) is 12.3. The van der Waals surface area contributed by atoms with Gasteiger partial charge in [-0.2, -0.15) is 5.10 Å². The first-order chi connectivity index (χ1) is 32.4. The third-order valence-corrected chi connectivity index (χ3v) is 14.7. The number of imidazole rings is 1. The molecule has 1 aromatic carbocycles. The highest BCUT2D eigenvalue weighted by Crippen LogP contribution is 2.38. The molecular formula is C48H59F2N11O6. The van der Waals surface area contributed by atoms with Crippen LogP contribution < -0.4 is 21.6 Å². The minimum atomic E-state index is -2.86. The molecule has 356 valence electrons. The Balaban J connectivity index is 0.657. The lowest BCUT2D eigenvalue weighted by molar-refractivity contribution is -0.135. The minimum absolute atomic E-state index is 0.0248. The number of nitrogens with one attached hydrogen (secondary N) is 3. The first-order valence-electron chi connectivity index (χ1n) is 23.9. The second-order valence-electron chi connectivity index (χ2n) is 19.4. The highest BCUT2D eigenvalue weighted by molar-refractivity contribution is 6.03. The summed E-state index contributed by atoms with van der Waals surface area (Å²) in [5.41, 5.74) is 2.43. The normalized spacial score (nSPS) is 24.1. The summed E-state index contributed by atoms with van der Waals surface area (Å²) < 4.78 is 45.4. The van der Waals surface area contributed by atoms with Crippen molar-refractivity contribution in [3.05, 3.63) is 76.4 Å². The average Bonchev–Trinajstić information content (AvgIpc) is 3.71. The average molecular weight is 924 g/mol. The largest absolute Gasteiger partial charge is 0.444 e. The maximum Gasteiger partial charge on any atom is 0.329 e. The molecule has 6 heterocycles. The summed E-state index contributed by atoms with van der Waals surface area (Å²) in [5, 5.41) is 12.6. The number of halogens is 2. The molecule has 0 spiro atoms. The van der Waals surface area contributed by atoms with E-state index in [-0.39, 0.29) is 53.5 Å². The molecular weight excluding hydrogens is 865 g/mol. The number of hydrogen-bond acceptors (Lipinski definition) is 12. The molecule has 0 bridgehead atoms. The van der Waals surface area contributed by atoms with Crippen LogP contribution in [0.25, 0.3) is 22.5 Å². The molecule has 5 aliphatic rings. The molecule has 10 rings (SSSR count). The van der Waals surface area contributed by atoms with Crippen LogP contribution in [0.4, 0.5) is 20.3 Å². The Labute approximate surface area is 386 Å². The number of oxazole rings is 1. The Morgan fingerprint density at radius 2 is 1.78 bits per heavy atom. The molecule has 2 aliphatic heterocycles. The molecule has 67 heavy (non-hydrogen) atoms. The SMILES string of the molecule is Cn1c(=O)n(C2CCC(=O)NC2=O)c2cccc(CN3CCC(O[C@H]4C[C@H](N(C)C[C@H]5CC[C@H](n6cc(NC(=O)c7coc(-c8ccnc(NCC9CC9)c8)n7)c(C(F)F)n6)CC5)C4)CC3)c21. The fraction of sp³-hybridized carbons (Fsp3) is 0.562. The summed E-state index contributed by atoms with van der Waals surface area (Å²) in [7, 11) is 3.94. The number of carbonyl (C=O) groups is 3. The molecule has 3 saturated carbocycles. The molecule has 4 aromatic heterocycles. The van der Waals surface area contributed by atoms with E-state index < -0.39 is 30.0 Å². The molecule has 17 nitrogen and oxygen atoms in total. The van der Waals surface area contributed by atoms with E-state index in [1.54, 1.807) is 34.6 Å². The van der Waals surface area contributed by atoms with Crippen molar-refractivity contribution in [1.82, 2.24) is 44.0 Å². The topological polar surface area (TPSA) is 187 Å². The number of para-hydroxylation sites is 1. The first kappa shape index (κ1) is 45.0. The third-order valence-electron chi connectivity index (χ3n) is 14.7. The van der Waals surface area contributed by atoms with Gasteiger partial charge >= 0.3 is 5.69 Å². The predicted molar refractivity (Wildman–Crippen MR) is 245 cm³/mol. The van der Waals surface area contributed by atoms with E-state index in [9.17, 15) is 28.0 Å². The summed E-state index contributed by atoms with van der Waals surface area (Å²) in [5.74, 6) is 0.690. The Morgan fingerprint density at radius 1 is 1.00 bits per heavy atom. The second kappa shape index (κ2) is 19.1. The van der Waals surface area contributed by atoms with Crippen molar-refractivity contribution in [3.63, 3.8) is 0 Å². The number of hydrogen-bond donors (Lipinski definition) is 3. The smallest absolute Gasteiger partial charge is 0.329 e. The number of nitrogens with zero attached hydrogens (tertiary/aromatic N) is 8. The van der Waals surface area contributed by atoms with Gasteiger partial charge in [-0.3, -0.25) is 38.4 Å². The Bertz CT molecular complexity index is 2670. The molecule has 1 atom stereocenters. The second-order valence-corrected chi connectivity index (χ2v) is 19.4. The monoisotopic (exact) mass is 923 g/mol. The summed E-state index contributed by atoms with van der Waals surface area (Å²) in [4.78, 5) is 64.6. The molecule has 3 aliphatic carbocycles. The van der Waals surface area contributed by atoms with Crippen LogP contribution in [0.15, 0.2) is 58.2 Å². The van der Waals surface area contributed by atoms with E-state index >= 15 is 0 Å². The molecule has 1 unspecified atom stereocenters. The number of aryl methyl sites for hydroxylation is 1. The summed E-state index contributed by atoms with van der Waals surface area (Å²) >= 11 is 0. The van der Waals surface area contributed by atoms with Gasteiger partial charge in [0.15, 0.2) is 11.4 Å². The lowest BCUT2D eigenvalue weighted by Crippen LogP contribution is -2.50. The number of amides is 3. The predicted octanol–water partition coefficient (Wildman–Crippen LogP) is 6.45. The Hall–Kier alpha value is -5.79. The van der Waals surface area contributed by atoms with Crippen molar-refractivity contribution in [1.29, 1.82) is 0 Å². The molecule has 3 amide bonds. The maximum atomic E-state index is 14.2. The van der Waals surface area contributed by atoms with Crippen LogP contribution >= 0.6 is 0 Å². The van der Waals surface area contributed by atoms with Crippen LogP contribution in [0.3, 0.4) is 0 Å². The Morgan fingerprint density at radius 3 is 2.52 bits per heavy atom. The number of ether oxygens (including phenoxy) is 1. The van der Waals surface area contributed by atoms with Crippen LogP contribution in [-0.2, 0) is 27.9 Å². The van der Waals surface area contributed by atoms with Crippen LogP contribution in [0.2, 0.25) is 0 Å². The third kappa shape index (κ3) is 9.81. The minimum Gasteiger partial charge on any atom is -0.444 e. The van der Waals surface area contributed by atoms with E-state index in [0.717, 1.165) is 88.6 Å². The number of imide groups is 1. The first-order valence-corrected chi connectivity index (χ1v) is 23.9. The molecule has 5 aromatic rings.